The Balaban J connectivity index is 1.15. The quantitative estimate of drug-likeness (QED) is 0.203. The predicted molar refractivity (Wildman–Crippen MR) is 152 cm³/mol. The van der Waals surface area contributed by atoms with Crippen LogP contribution in [0.2, 0.25) is 10.0 Å². The highest BCUT2D eigenvalue weighted by Gasteiger charge is 2.22. The number of amides is 1. The monoisotopic (exact) mass is 560 g/mol. The summed E-state index contributed by atoms with van der Waals surface area (Å²) in [5, 5.41) is 7.87. The standard InChI is InChI=1S/C30H26Cl2N4O3/c1-30(2,21-6-4-3-5-7-21)22-9-11-23(12-10-22)38-18-24-13-15-27(39-24)28(37)34-29-33-19-36(35-29)17-20-8-14-25(31)26(32)16-20/h3-16,19H,17-18H2,1-2H3,(H,34,35,37). The molecule has 2 aromatic heterocycles. The molecule has 0 bridgehead atoms. The Morgan fingerprint density at radius 1 is 0.949 bits per heavy atom. The number of benzene rings is 3. The lowest BCUT2D eigenvalue weighted by molar-refractivity contribution is 0.0991. The molecule has 0 aliphatic rings. The smallest absolute Gasteiger partial charge is 0.293 e. The SMILES string of the molecule is CC(C)(c1ccccc1)c1ccc(OCc2ccc(C(=O)Nc3ncn(Cc4ccc(Cl)c(Cl)c4)n3)o2)cc1. The van der Waals surface area contributed by atoms with Crippen molar-refractivity contribution in [3.05, 3.63) is 130 Å². The molecule has 198 valence electrons. The van der Waals surface area contributed by atoms with E-state index >= 15 is 0 Å². The Morgan fingerprint density at radius 3 is 2.44 bits per heavy atom. The van der Waals surface area contributed by atoms with Gasteiger partial charge < -0.3 is 9.15 Å². The number of ether oxygens (including phenoxy) is 1. The summed E-state index contributed by atoms with van der Waals surface area (Å²) in [4.78, 5) is 16.8. The Hall–Kier alpha value is -4.07. The van der Waals surface area contributed by atoms with Crippen molar-refractivity contribution in [3.8, 4) is 5.75 Å². The average molecular weight is 561 g/mol. The zero-order valence-corrected chi connectivity index (χ0v) is 22.9. The molecule has 0 saturated heterocycles. The fourth-order valence-corrected chi connectivity index (χ4v) is 4.46. The molecule has 0 aliphatic carbocycles. The van der Waals surface area contributed by atoms with Gasteiger partial charge in [0.25, 0.3) is 5.91 Å². The zero-order chi connectivity index (χ0) is 27.4. The fourth-order valence-electron chi connectivity index (χ4n) is 4.14. The minimum absolute atomic E-state index is 0.128. The highest BCUT2D eigenvalue weighted by atomic mass is 35.5. The van der Waals surface area contributed by atoms with Gasteiger partial charge in [0.1, 0.15) is 24.4 Å². The van der Waals surface area contributed by atoms with Gasteiger partial charge in [-0.15, -0.1) is 5.10 Å². The van der Waals surface area contributed by atoms with Gasteiger partial charge in [-0.2, -0.15) is 0 Å². The van der Waals surface area contributed by atoms with Crippen LogP contribution in [0, 0.1) is 0 Å². The van der Waals surface area contributed by atoms with E-state index in [2.05, 4.69) is 65.6 Å². The van der Waals surface area contributed by atoms with Gasteiger partial charge >= 0.3 is 0 Å². The molecule has 1 amide bonds. The Kier molecular flexibility index (Phi) is 7.72. The second kappa shape index (κ2) is 11.4. The molecule has 7 nitrogen and oxygen atoms in total. The lowest BCUT2D eigenvalue weighted by Gasteiger charge is -2.26. The Bertz CT molecular complexity index is 1580. The van der Waals surface area contributed by atoms with Gasteiger partial charge in [-0.05, 0) is 53.1 Å². The number of carbonyl (C=O) groups excluding carboxylic acids is 1. The van der Waals surface area contributed by atoms with Gasteiger partial charge in [0.2, 0.25) is 5.95 Å². The van der Waals surface area contributed by atoms with E-state index in [0.29, 0.717) is 28.1 Å². The number of hydrogen-bond donors (Lipinski definition) is 1. The molecule has 5 rings (SSSR count). The molecule has 0 aliphatic heterocycles. The Labute approximate surface area is 236 Å². The fraction of sp³-hybridized carbons (Fsp3) is 0.167. The van der Waals surface area contributed by atoms with Crippen LogP contribution in [0.4, 0.5) is 5.95 Å². The summed E-state index contributed by atoms with van der Waals surface area (Å²) in [7, 11) is 0. The number of nitrogens with one attached hydrogen (secondary N) is 1. The summed E-state index contributed by atoms with van der Waals surface area (Å²) in [6.07, 6.45) is 1.52. The second-order valence-corrected chi connectivity index (χ2v) is 10.4. The maximum absolute atomic E-state index is 12.6. The topological polar surface area (TPSA) is 82.2 Å². The number of halogens is 2. The van der Waals surface area contributed by atoms with E-state index in [0.717, 1.165) is 5.56 Å². The summed E-state index contributed by atoms with van der Waals surface area (Å²) in [6.45, 7) is 5.00. The molecule has 0 fully saturated rings. The van der Waals surface area contributed by atoms with Crippen molar-refractivity contribution in [1.29, 1.82) is 0 Å². The predicted octanol–water partition coefficient (Wildman–Crippen LogP) is 7.38. The molecule has 0 atom stereocenters. The third kappa shape index (κ3) is 6.33. The highest BCUT2D eigenvalue weighted by Crippen LogP contribution is 2.32. The van der Waals surface area contributed by atoms with Gasteiger partial charge in [-0.3, -0.25) is 10.1 Å². The maximum Gasteiger partial charge on any atom is 0.293 e. The number of carbonyl (C=O) groups is 1. The number of hydrogen-bond acceptors (Lipinski definition) is 5. The van der Waals surface area contributed by atoms with Crippen molar-refractivity contribution in [3.63, 3.8) is 0 Å². The summed E-state index contributed by atoms with van der Waals surface area (Å²) in [5.74, 6) is 1.07. The minimum atomic E-state index is -0.457. The van der Waals surface area contributed by atoms with Crippen LogP contribution in [0.15, 0.2) is 95.7 Å². The van der Waals surface area contributed by atoms with Gasteiger partial charge in [0.15, 0.2) is 5.76 Å². The van der Waals surface area contributed by atoms with Gasteiger partial charge in [-0.25, -0.2) is 9.67 Å². The van der Waals surface area contributed by atoms with E-state index in [1.54, 1.807) is 28.9 Å². The van der Waals surface area contributed by atoms with E-state index in [9.17, 15) is 4.79 Å². The largest absolute Gasteiger partial charge is 0.486 e. The Morgan fingerprint density at radius 2 is 1.69 bits per heavy atom. The van der Waals surface area contributed by atoms with E-state index < -0.39 is 5.91 Å². The van der Waals surface area contributed by atoms with Crippen molar-refractivity contribution in [2.45, 2.75) is 32.4 Å². The molecule has 0 spiro atoms. The van der Waals surface area contributed by atoms with Crippen LogP contribution < -0.4 is 10.1 Å². The van der Waals surface area contributed by atoms with Gasteiger partial charge in [0, 0.05) is 5.41 Å². The average Bonchev–Trinajstić information content (AvgIpc) is 3.60. The normalized spacial score (nSPS) is 11.4. The lowest BCUT2D eigenvalue weighted by atomic mass is 9.78. The van der Waals surface area contributed by atoms with Crippen molar-refractivity contribution in [2.24, 2.45) is 0 Å². The van der Waals surface area contributed by atoms with Crippen LogP contribution in [-0.2, 0) is 18.6 Å². The molecule has 0 radical (unpaired) electrons. The summed E-state index contributed by atoms with van der Waals surface area (Å²) >= 11 is 12.0. The first-order valence-corrected chi connectivity index (χ1v) is 13.1. The molecule has 1 N–H and O–H groups in total. The molecular formula is C30H26Cl2N4O3. The minimum Gasteiger partial charge on any atom is -0.486 e. The summed E-state index contributed by atoms with van der Waals surface area (Å²) in [5.41, 5.74) is 3.20. The maximum atomic E-state index is 12.6. The van der Waals surface area contributed by atoms with Gasteiger partial charge in [-0.1, -0.05) is 85.6 Å². The molecule has 3 aromatic carbocycles. The number of furan rings is 1. The van der Waals surface area contributed by atoms with E-state index in [1.807, 2.05) is 24.3 Å². The second-order valence-electron chi connectivity index (χ2n) is 9.54. The van der Waals surface area contributed by atoms with Crippen LogP contribution >= 0.6 is 23.2 Å². The molecule has 39 heavy (non-hydrogen) atoms. The van der Waals surface area contributed by atoms with Gasteiger partial charge in [0.05, 0.1) is 16.6 Å². The van der Waals surface area contributed by atoms with E-state index in [-0.39, 0.29) is 23.7 Å². The third-order valence-electron chi connectivity index (χ3n) is 6.43. The third-order valence-corrected chi connectivity index (χ3v) is 7.17. The van der Waals surface area contributed by atoms with Crippen LogP contribution in [0.25, 0.3) is 0 Å². The first-order valence-electron chi connectivity index (χ1n) is 12.3. The number of nitrogens with zero attached hydrogens (tertiary/aromatic N) is 3. The highest BCUT2D eigenvalue weighted by molar-refractivity contribution is 6.42. The number of anilines is 1. The van der Waals surface area contributed by atoms with Crippen LogP contribution in [0.5, 0.6) is 5.75 Å². The van der Waals surface area contributed by atoms with Crippen molar-refractivity contribution in [1.82, 2.24) is 14.8 Å². The lowest BCUT2D eigenvalue weighted by Crippen LogP contribution is -2.18. The van der Waals surface area contributed by atoms with Crippen molar-refractivity contribution in [2.75, 3.05) is 5.32 Å². The van der Waals surface area contributed by atoms with Crippen LogP contribution in [0.1, 0.15) is 46.9 Å². The molecule has 2 heterocycles. The number of aromatic nitrogens is 3. The van der Waals surface area contributed by atoms with Crippen LogP contribution in [-0.4, -0.2) is 20.7 Å². The van der Waals surface area contributed by atoms with Crippen molar-refractivity contribution >= 4 is 35.1 Å². The molecule has 0 saturated carbocycles. The van der Waals surface area contributed by atoms with Crippen LogP contribution in [0.3, 0.4) is 0 Å². The molecule has 5 aromatic rings. The van der Waals surface area contributed by atoms with E-state index in [1.165, 1.54) is 17.5 Å². The zero-order valence-electron chi connectivity index (χ0n) is 21.4. The molecule has 9 heteroatoms. The molecule has 0 unspecified atom stereocenters. The van der Waals surface area contributed by atoms with Crippen molar-refractivity contribution < 1.29 is 13.9 Å². The first kappa shape index (κ1) is 26.5. The summed E-state index contributed by atoms with van der Waals surface area (Å²) in [6, 6.07) is 27.0. The number of rotatable bonds is 9. The molecular weight excluding hydrogens is 535 g/mol. The summed E-state index contributed by atoms with van der Waals surface area (Å²) < 4.78 is 13.1. The first-order chi connectivity index (χ1) is 18.8. The van der Waals surface area contributed by atoms with E-state index in [4.69, 9.17) is 32.4 Å².